The monoisotopic (exact) mass is 216 g/mol. The number of carbonyl (C=O) groups is 1. The lowest BCUT2D eigenvalue weighted by molar-refractivity contribution is -0.185. The molecule has 0 amide bonds. The van der Waals surface area contributed by atoms with Crippen LogP contribution >= 0.6 is 0 Å². The predicted molar refractivity (Wildman–Crippen MR) is 55.3 cm³/mol. The van der Waals surface area contributed by atoms with Gasteiger partial charge in [0.15, 0.2) is 6.29 Å². The third-order valence-corrected chi connectivity index (χ3v) is 2.51. The number of rotatable bonds is 4. The molecule has 1 heterocycles. The van der Waals surface area contributed by atoms with Crippen molar-refractivity contribution >= 4 is 5.97 Å². The highest BCUT2D eigenvalue weighted by Gasteiger charge is 2.30. The molecule has 15 heavy (non-hydrogen) atoms. The van der Waals surface area contributed by atoms with Gasteiger partial charge in [0.1, 0.15) is 0 Å². The Kier molecular flexibility index (Phi) is 4.54. The zero-order valence-corrected chi connectivity index (χ0v) is 9.75. The molecular weight excluding hydrogens is 196 g/mol. The molecule has 88 valence electrons. The number of hydrogen-bond donors (Lipinski definition) is 0. The summed E-state index contributed by atoms with van der Waals surface area (Å²) in [5.74, 6) is -0.252. The normalized spacial score (nSPS) is 22.5. The lowest BCUT2D eigenvalue weighted by Gasteiger charge is -2.27. The van der Waals surface area contributed by atoms with E-state index in [-0.39, 0.29) is 12.3 Å². The first-order valence-electron chi connectivity index (χ1n) is 5.38. The second-order valence-corrected chi connectivity index (χ2v) is 4.48. The van der Waals surface area contributed by atoms with E-state index in [0.29, 0.717) is 6.61 Å². The van der Waals surface area contributed by atoms with E-state index in [9.17, 15) is 4.79 Å². The molecule has 0 aliphatic carbocycles. The number of esters is 1. The van der Waals surface area contributed by atoms with Crippen LogP contribution in [0.3, 0.4) is 0 Å². The Labute approximate surface area is 90.9 Å². The van der Waals surface area contributed by atoms with Crippen molar-refractivity contribution in [1.29, 1.82) is 0 Å². The Hall–Kier alpha value is -0.610. The summed E-state index contributed by atoms with van der Waals surface area (Å²) in [5.41, 5.74) is -0.602. The molecule has 4 heteroatoms. The fourth-order valence-electron chi connectivity index (χ4n) is 1.48. The van der Waals surface area contributed by atoms with Crippen molar-refractivity contribution in [1.82, 2.24) is 0 Å². The van der Waals surface area contributed by atoms with Gasteiger partial charge >= 0.3 is 5.97 Å². The highest BCUT2D eigenvalue weighted by molar-refractivity contribution is 5.75. The summed E-state index contributed by atoms with van der Waals surface area (Å²) in [5, 5.41) is 0. The van der Waals surface area contributed by atoms with E-state index in [4.69, 9.17) is 14.2 Å². The molecule has 1 atom stereocenters. The minimum absolute atomic E-state index is 0.150. The smallest absolute Gasteiger partial charge is 0.313 e. The summed E-state index contributed by atoms with van der Waals surface area (Å²) in [6.45, 7) is 4.71. The van der Waals surface area contributed by atoms with Gasteiger partial charge in [-0.1, -0.05) is 0 Å². The van der Waals surface area contributed by atoms with Crippen LogP contribution in [-0.2, 0) is 19.0 Å². The van der Waals surface area contributed by atoms with Gasteiger partial charge < -0.3 is 14.2 Å². The first-order valence-corrected chi connectivity index (χ1v) is 5.38. The van der Waals surface area contributed by atoms with E-state index in [1.807, 2.05) is 13.8 Å². The fourth-order valence-corrected chi connectivity index (χ4v) is 1.48. The van der Waals surface area contributed by atoms with Gasteiger partial charge in [-0.05, 0) is 33.1 Å². The lowest BCUT2D eigenvalue weighted by atomic mass is 9.95. The minimum atomic E-state index is -0.602. The standard InChI is InChI=1S/C11H20O4/c1-11(2,10(12)13-3)8-15-9-6-4-5-7-14-9/h9H,4-8H2,1-3H3/t9-/m1/s1. The highest BCUT2D eigenvalue weighted by atomic mass is 16.7. The van der Waals surface area contributed by atoms with Crippen molar-refractivity contribution in [2.24, 2.45) is 5.41 Å². The number of hydrogen-bond acceptors (Lipinski definition) is 4. The largest absolute Gasteiger partial charge is 0.469 e. The maximum atomic E-state index is 11.4. The van der Waals surface area contributed by atoms with Gasteiger partial charge in [-0.15, -0.1) is 0 Å². The number of methoxy groups -OCH3 is 1. The topological polar surface area (TPSA) is 44.8 Å². The van der Waals surface area contributed by atoms with Crippen LogP contribution in [-0.4, -0.2) is 32.6 Å². The van der Waals surface area contributed by atoms with E-state index < -0.39 is 5.41 Å². The molecule has 0 saturated carbocycles. The molecule has 0 aromatic rings. The maximum Gasteiger partial charge on any atom is 0.313 e. The van der Waals surface area contributed by atoms with Gasteiger partial charge in [0.2, 0.25) is 0 Å². The molecule has 0 spiro atoms. The molecule has 1 aliphatic heterocycles. The molecule has 0 unspecified atom stereocenters. The Bertz CT molecular complexity index is 207. The van der Waals surface area contributed by atoms with E-state index in [1.165, 1.54) is 7.11 Å². The zero-order valence-electron chi connectivity index (χ0n) is 9.75. The zero-order chi connectivity index (χ0) is 11.3. The maximum absolute atomic E-state index is 11.4. The van der Waals surface area contributed by atoms with Crippen LogP contribution in [0.15, 0.2) is 0 Å². The molecule has 1 saturated heterocycles. The Balaban J connectivity index is 2.31. The SMILES string of the molecule is COC(=O)C(C)(C)CO[C@@H]1CCCCO1. The Morgan fingerprint density at radius 3 is 2.73 bits per heavy atom. The van der Waals surface area contributed by atoms with Crippen molar-refractivity contribution in [3.05, 3.63) is 0 Å². The first-order chi connectivity index (χ1) is 7.06. The molecule has 4 nitrogen and oxygen atoms in total. The van der Waals surface area contributed by atoms with Gasteiger partial charge in [-0.2, -0.15) is 0 Å². The van der Waals surface area contributed by atoms with Gasteiger partial charge in [-0.25, -0.2) is 0 Å². The average molecular weight is 216 g/mol. The van der Waals surface area contributed by atoms with Crippen LogP contribution in [0.25, 0.3) is 0 Å². The summed E-state index contributed by atoms with van der Waals surface area (Å²) in [4.78, 5) is 11.4. The summed E-state index contributed by atoms with van der Waals surface area (Å²) in [6.07, 6.45) is 2.99. The van der Waals surface area contributed by atoms with E-state index in [2.05, 4.69) is 0 Å². The van der Waals surface area contributed by atoms with Crippen molar-refractivity contribution in [2.75, 3.05) is 20.3 Å². The van der Waals surface area contributed by atoms with Crippen LogP contribution in [0.1, 0.15) is 33.1 Å². The highest BCUT2D eigenvalue weighted by Crippen LogP contribution is 2.21. The number of ether oxygens (including phenoxy) is 3. The molecule has 0 aromatic carbocycles. The molecule has 1 fully saturated rings. The van der Waals surface area contributed by atoms with Crippen LogP contribution in [0.4, 0.5) is 0 Å². The third kappa shape index (κ3) is 3.80. The molecule has 0 bridgehead atoms. The first kappa shape index (κ1) is 12.5. The van der Waals surface area contributed by atoms with Gasteiger partial charge in [0.05, 0.1) is 19.1 Å². The lowest BCUT2D eigenvalue weighted by Crippen LogP contribution is -2.34. The molecule has 1 aliphatic rings. The third-order valence-electron chi connectivity index (χ3n) is 2.51. The fraction of sp³-hybridized carbons (Fsp3) is 0.909. The van der Waals surface area contributed by atoms with Crippen LogP contribution in [0.2, 0.25) is 0 Å². The van der Waals surface area contributed by atoms with E-state index in [1.54, 1.807) is 0 Å². The summed E-state index contributed by atoms with van der Waals surface area (Å²) < 4.78 is 15.7. The van der Waals surface area contributed by atoms with Crippen molar-refractivity contribution in [3.8, 4) is 0 Å². The van der Waals surface area contributed by atoms with Gasteiger partial charge in [-0.3, -0.25) is 4.79 Å². The Morgan fingerprint density at radius 2 is 2.20 bits per heavy atom. The molecule has 0 aromatic heterocycles. The molecule has 0 N–H and O–H groups in total. The van der Waals surface area contributed by atoms with Crippen molar-refractivity contribution in [3.63, 3.8) is 0 Å². The van der Waals surface area contributed by atoms with Crippen molar-refractivity contribution < 1.29 is 19.0 Å². The van der Waals surface area contributed by atoms with Crippen LogP contribution in [0.5, 0.6) is 0 Å². The second-order valence-electron chi connectivity index (χ2n) is 4.48. The predicted octanol–water partition coefficient (Wildman–Crippen LogP) is 1.73. The quantitative estimate of drug-likeness (QED) is 0.671. The van der Waals surface area contributed by atoms with E-state index >= 15 is 0 Å². The van der Waals surface area contributed by atoms with Gasteiger partial charge in [0.25, 0.3) is 0 Å². The average Bonchev–Trinajstić information content (AvgIpc) is 2.27. The van der Waals surface area contributed by atoms with Crippen LogP contribution in [0, 0.1) is 5.41 Å². The van der Waals surface area contributed by atoms with Gasteiger partial charge in [0, 0.05) is 6.61 Å². The van der Waals surface area contributed by atoms with Crippen molar-refractivity contribution in [2.45, 2.75) is 39.4 Å². The van der Waals surface area contributed by atoms with Crippen LogP contribution < -0.4 is 0 Å². The Morgan fingerprint density at radius 1 is 1.47 bits per heavy atom. The summed E-state index contributed by atoms with van der Waals surface area (Å²) in [6, 6.07) is 0. The van der Waals surface area contributed by atoms with E-state index in [0.717, 1.165) is 25.9 Å². The number of carbonyl (C=O) groups excluding carboxylic acids is 1. The molecule has 1 rings (SSSR count). The summed E-state index contributed by atoms with van der Waals surface area (Å²) >= 11 is 0. The molecular formula is C11H20O4. The summed E-state index contributed by atoms with van der Waals surface area (Å²) in [7, 11) is 1.39. The minimum Gasteiger partial charge on any atom is -0.469 e. The second kappa shape index (κ2) is 5.47. The molecule has 0 radical (unpaired) electrons.